The van der Waals surface area contributed by atoms with E-state index in [0.29, 0.717) is 12.0 Å². The molecule has 94 valence electrons. The Labute approximate surface area is 103 Å². The van der Waals surface area contributed by atoms with E-state index in [2.05, 4.69) is 16.8 Å². The Bertz CT molecular complexity index is 418. The number of piperidine rings is 1. The normalized spacial score (nSPS) is 22.4. The highest BCUT2D eigenvalue weighted by molar-refractivity contribution is 5.13. The van der Waals surface area contributed by atoms with Crippen LogP contribution >= 0.6 is 0 Å². The molecule has 0 aromatic carbocycles. The second-order valence-electron chi connectivity index (χ2n) is 5.19. The molecule has 1 aliphatic heterocycles. The summed E-state index contributed by atoms with van der Waals surface area (Å²) in [6.45, 7) is 8.56. The van der Waals surface area contributed by atoms with Gasteiger partial charge in [-0.2, -0.15) is 0 Å². The van der Waals surface area contributed by atoms with Gasteiger partial charge in [0, 0.05) is 29.6 Å². The van der Waals surface area contributed by atoms with E-state index in [1.54, 1.807) is 12.1 Å². The summed E-state index contributed by atoms with van der Waals surface area (Å²) in [5.41, 5.74) is 2.27. The van der Waals surface area contributed by atoms with Gasteiger partial charge in [-0.3, -0.25) is 4.79 Å². The molecule has 1 fully saturated rings. The number of nitrogens with one attached hydrogen (secondary N) is 1. The number of hydrogen-bond donors (Lipinski definition) is 1. The van der Waals surface area contributed by atoms with Crippen LogP contribution in [0.3, 0.4) is 0 Å². The molecule has 0 bridgehead atoms. The summed E-state index contributed by atoms with van der Waals surface area (Å²) in [5.74, 6) is 0.670. The van der Waals surface area contributed by atoms with Gasteiger partial charge >= 0.3 is 0 Å². The van der Waals surface area contributed by atoms with Crippen molar-refractivity contribution in [3.63, 3.8) is 0 Å². The van der Waals surface area contributed by atoms with Gasteiger partial charge in [0.05, 0.1) is 0 Å². The summed E-state index contributed by atoms with van der Waals surface area (Å²) < 4.78 is 2.30. The molecule has 0 saturated carbocycles. The average molecular weight is 234 g/mol. The molecule has 2 unspecified atom stereocenters. The van der Waals surface area contributed by atoms with Crippen LogP contribution in [-0.2, 0) is 0 Å². The highest BCUT2D eigenvalue weighted by atomic mass is 16.1. The van der Waals surface area contributed by atoms with Gasteiger partial charge in [0.15, 0.2) is 5.43 Å². The monoisotopic (exact) mass is 234 g/mol. The van der Waals surface area contributed by atoms with E-state index in [1.165, 1.54) is 12.8 Å². The molecule has 1 N–H and O–H groups in total. The predicted octanol–water partition coefficient (Wildman–Crippen LogP) is 2.03. The molecule has 3 heteroatoms. The molecule has 1 aromatic heterocycles. The van der Waals surface area contributed by atoms with Crippen molar-refractivity contribution >= 4 is 0 Å². The smallest absolute Gasteiger partial charge is 0.182 e. The van der Waals surface area contributed by atoms with Gasteiger partial charge in [0.2, 0.25) is 0 Å². The second-order valence-corrected chi connectivity index (χ2v) is 5.19. The summed E-state index contributed by atoms with van der Waals surface area (Å²) in [5, 5.41) is 3.46. The Morgan fingerprint density at radius 2 is 2.00 bits per heavy atom. The Morgan fingerprint density at radius 3 is 2.53 bits per heavy atom. The predicted molar refractivity (Wildman–Crippen MR) is 70.5 cm³/mol. The van der Waals surface area contributed by atoms with Crippen LogP contribution in [0.25, 0.3) is 0 Å². The quantitative estimate of drug-likeness (QED) is 0.849. The molecular weight excluding hydrogens is 212 g/mol. The van der Waals surface area contributed by atoms with Crippen LogP contribution in [0, 0.1) is 19.8 Å². The van der Waals surface area contributed by atoms with Crippen molar-refractivity contribution < 1.29 is 0 Å². The van der Waals surface area contributed by atoms with E-state index in [-0.39, 0.29) is 5.43 Å². The van der Waals surface area contributed by atoms with Crippen molar-refractivity contribution in [2.24, 2.45) is 5.92 Å². The summed E-state index contributed by atoms with van der Waals surface area (Å²) in [6.07, 6.45) is 2.53. The first kappa shape index (κ1) is 12.4. The minimum absolute atomic E-state index is 0.116. The van der Waals surface area contributed by atoms with Crippen molar-refractivity contribution in [2.45, 2.75) is 39.7 Å². The first-order valence-electron chi connectivity index (χ1n) is 6.50. The number of rotatable bonds is 2. The summed E-state index contributed by atoms with van der Waals surface area (Å²) in [6, 6.07) is 3.93. The molecule has 1 aromatic rings. The molecule has 1 saturated heterocycles. The fraction of sp³-hybridized carbons (Fsp3) is 0.643. The largest absolute Gasteiger partial charge is 0.346 e. The number of aryl methyl sites for hydroxylation is 2. The van der Waals surface area contributed by atoms with E-state index in [0.717, 1.165) is 24.5 Å². The Balaban J connectivity index is 2.29. The maximum Gasteiger partial charge on any atom is 0.182 e. The lowest BCUT2D eigenvalue weighted by molar-refractivity contribution is 0.274. The van der Waals surface area contributed by atoms with Crippen LogP contribution in [0.1, 0.15) is 37.2 Å². The van der Waals surface area contributed by atoms with E-state index < -0.39 is 0 Å². The van der Waals surface area contributed by atoms with Gasteiger partial charge in [-0.25, -0.2) is 0 Å². The number of hydrogen-bond acceptors (Lipinski definition) is 2. The van der Waals surface area contributed by atoms with Crippen molar-refractivity contribution in [1.82, 2.24) is 9.88 Å². The van der Waals surface area contributed by atoms with E-state index in [1.807, 2.05) is 13.8 Å². The van der Waals surface area contributed by atoms with Gasteiger partial charge in [-0.05, 0) is 52.6 Å². The maximum absolute atomic E-state index is 11.4. The highest BCUT2D eigenvalue weighted by Gasteiger charge is 2.22. The Hall–Kier alpha value is -1.09. The summed E-state index contributed by atoms with van der Waals surface area (Å²) in [7, 11) is 0. The van der Waals surface area contributed by atoms with Gasteiger partial charge in [0.25, 0.3) is 0 Å². The van der Waals surface area contributed by atoms with E-state index >= 15 is 0 Å². The molecule has 17 heavy (non-hydrogen) atoms. The third-order valence-electron chi connectivity index (χ3n) is 3.89. The third kappa shape index (κ3) is 2.60. The van der Waals surface area contributed by atoms with Gasteiger partial charge in [-0.15, -0.1) is 0 Å². The lowest BCUT2D eigenvalue weighted by Gasteiger charge is -2.32. The summed E-state index contributed by atoms with van der Waals surface area (Å²) >= 11 is 0. The van der Waals surface area contributed by atoms with Crippen LogP contribution in [0.4, 0.5) is 0 Å². The molecule has 2 heterocycles. The van der Waals surface area contributed by atoms with Crippen molar-refractivity contribution in [2.75, 3.05) is 13.1 Å². The van der Waals surface area contributed by atoms with E-state index in [4.69, 9.17) is 0 Å². The van der Waals surface area contributed by atoms with Crippen molar-refractivity contribution in [3.8, 4) is 0 Å². The minimum atomic E-state index is 0.116. The van der Waals surface area contributed by atoms with Gasteiger partial charge in [0.1, 0.15) is 0 Å². The molecule has 2 atom stereocenters. The topological polar surface area (TPSA) is 34.0 Å². The zero-order valence-corrected chi connectivity index (χ0v) is 11.0. The average Bonchev–Trinajstić information content (AvgIpc) is 2.28. The molecule has 0 spiro atoms. The minimum Gasteiger partial charge on any atom is -0.346 e. The second kappa shape index (κ2) is 5.05. The fourth-order valence-corrected chi connectivity index (χ4v) is 3.01. The van der Waals surface area contributed by atoms with Crippen LogP contribution in [0.5, 0.6) is 0 Å². The van der Waals surface area contributed by atoms with E-state index in [9.17, 15) is 4.79 Å². The van der Waals surface area contributed by atoms with Crippen LogP contribution in [0.15, 0.2) is 16.9 Å². The van der Waals surface area contributed by atoms with Gasteiger partial charge in [-0.1, -0.05) is 0 Å². The maximum atomic E-state index is 11.4. The first-order valence-corrected chi connectivity index (χ1v) is 6.50. The van der Waals surface area contributed by atoms with Gasteiger partial charge < -0.3 is 9.88 Å². The third-order valence-corrected chi connectivity index (χ3v) is 3.89. The zero-order valence-electron chi connectivity index (χ0n) is 11.0. The molecule has 0 radical (unpaired) electrons. The van der Waals surface area contributed by atoms with Crippen LogP contribution in [-0.4, -0.2) is 17.7 Å². The fourth-order valence-electron chi connectivity index (χ4n) is 3.01. The molecule has 3 nitrogen and oxygen atoms in total. The lowest BCUT2D eigenvalue weighted by atomic mass is 9.92. The molecular formula is C14H22N2O. The first-order chi connectivity index (χ1) is 8.09. The van der Waals surface area contributed by atoms with Crippen molar-refractivity contribution in [3.05, 3.63) is 33.7 Å². The molecule has 0 aliphatic carbocycles. The zero-order chi connectivity index (χ0) is 12.4. The molecule has 1 aliphatic rings. The Morgan fingerprint density at radius 1 is 1.35 bits per heavy atom. The summed E-state index contributed by atoms with van der Waals surface area (Å²) in [4.78, 5) is 11.4. The highest BCUT2D eigenvalue weighted by Crippen LogP contribution is 2.26. The SMILES string of the molecule is Cc1cc(=O)cc(C)n1C(C)C1CCCNC1. The van der Waals surface area contributed by atoms with Crippen LogP contribution in [0.2, 0.25) is 0 Å². The standard InChI is InChI=1S/C14H22N2O/c1-10-7-14(17)8-11(2)16(10)12(3)13-5-4-6-15-9-13/h7-8,12-13,15H,4-6,9H2,1-3H3. The lowest BCUT2D eigenvalue weighted by Crippen LogP contribution is -2.35. The number of nitrogens with zero attached hydrogens (tertiary/aromatic N) is 1. The van der Waals surface area contributed by atoms with Crippen molar-refractivity contribution in [1.29, 1.82) is 0 Å². The molecule has 0 amide bonds. The van der Waals surface area contributed by atoms with Crippen LogP contribution < -0.4 is 10.7 Å². The molecule has 2 rings (SSSR count). The Kier molecular flexibility index (Phi) is 3.67. The number of aromatic nitrogens is 1. The number of pyridine rings is 1.